The van der Waals surface area contributed by atoms with E-state index in [1.165, 1.54) is 0 Å². The molecule has 1 aliphatic rings. The molecule has 2 heteroatoms. The summed E-state index contributed by atoms with van der Waals surface area (Å²) in [7, 11) is 0. The minimum absolute atomic E-state index is 0.0428. The second-order valence-electron chi connectivity index (χ2n) is 4.37. The zero-order valence-electron chi connectivity index (χ0n) is 8.60. The molecule has 1 aliphatic heterocycles. The molecule has 14 heavy (non-hydrogen) atoms. The molecule has 0 aromatic heterocycles. The van der Waals surface area contributed by atoms with Crippen molar-refractivity contribution in [2.75, 3.05) is 0 Å². The van der Waals surface area contributed by atoms with E-state index in [9.17, 15) is 5.11 Å². The van der Waals surface area contributed by atoms with E-state index < -0.39 is 5.60 Å². The molecular formula is C12H16O2. The maximum absolute atomic E-state index is 9.76. The van der Waals surface area contributed by atoms with Gasteiger partial charge in [0.1, 0.15) is 0 Å². The number of hydrogen-bond acceptors (Lipinski definition) is 2. The molecule has 1 N–H and O–H groups in total. The van der Waals surface area contributed by atoms with Gasteiger partial charge in [0.15, 0.2) is 0 Å². The first-order valence-corrected chi connectivity index (χ1v) is 5.00. The van der Waals surface area contributed by atoms with Gasteiger partial charge in [-0.15, -0.1) is 0 Å². The molecule has 0 saturated carbocycles. The molecule has 2 rings (SSSR count). The molecule has 1 saturated heterocycles. The van der Waals surface area contributed by atoms with E-state index in [2.05, 4.69) is 0 Å². The van der Waals surface area contributed by atoms with Crippen molar-refractivity contribution in [3.05, 3.63) is 35.9 Å². The van der Waals surface area contributed by atoms with Crippen molar-refractivity contribution < 1.29 is 9.84 Å². The Kier molecular flexibility index (Phi) is 2.33. The van der Waals surface area contributed by atoms with Crippen LogP contribution in [0.3, 0.4) is 0 Å². The van der Waals surface area contributed by atoms with Crippen LogP contribution < -0.4 is 0 Å². The molecule has 1 aromatic rings. The number of hydrogen-bond donors (Lipinski definition) is 1. The van der Waals surface area contributed by atoms with Crippen molar-refractivity contribution in [3.8, 4) is 0 Å². The summed E-state index contributed by atoms with van der Waals surface area (Å²) in [5.41, 5.74) is 0.734. The van der Waals surface area contributed by atoms with Crippen molar-refractivity contribution in [3.63, 3.8) is 0 Å². The lowest BCUT2D eigenvalue weighted by molar-refractivity contribution is -0.0570. The van der Waals surface area contributed by atoms with E-state index in [-0.39, 0.29) is 12.2 Å². The van der Waals surface area contributed by atoms with Crippen LogP contribution in [0, 0.1) is 0 Å². The predicted molar refractivity (Wildman–Crippen MR) is 55.0 cm³/mol. The van der Waals surface area contributed by atoms with E-state index in [0.717, 1.165) is 5.56 Å². The van der Waals surface area contributed by atoms with Crippen molar-refractivity contribution in [1.29, 1.82) is 0 Å². The van der Waals surface area contributed by atoms with E-state index in [1.807, 2.05) is 44.2 Å². The smallest absolute Gasteiger partial charge is 0.0893 e. The molecule has 2 atom stereocenters. The third-order valence-corrected chi connectivity index (χ3v) is 2.86. The van der Waals surface area contributed by atoms with Crippen LogP contribution in [0.25, 0.3) is 0 Å². The fourth-order valence-electron chi connectivity index (χ4n) is 1.85. The van der Waals surface area contributed by atoms with Gasteiger partial charge in [-0.1, -0.05) is 30.3 Å². The van der Waals surface area contributed by atoms with Crippen LogP contribution in [0.1, 0.15) is 31.9 Å². The summed E-state index contributed by atoms with van der Waals surface area (Å²) < 4.78 is 5.80. The second-order valence-corrected chi connectivity index (χ2v) is 4.37. The maximum atomic E-state index is 9.76. The summed E-state index contributed by atoms with van der Waals surface area (Å²) in [6.45, 7) is 3.86. The predicted octanol–water partition coefficient (Wildman–Crippen LogP) is 2.29. The Labute approximate surface area is 84.5 Å². The third-order valence-electron chi connectivity index (χ3n) is 2.86. The van der Waals surface area contributed by atoms with Crippen LogP contribution in [0.5, 0.6) is 0 Å². The van der Waals surface area contributed by atoms with E-state index >= 15 is 0 Å². The van der Waals surface area contributed by atoms with Gasteiger partial charge in [0.05, 0.1) is 17.8 Å². The fourth-order valence-corrected chi connectivity index (χ4v) is 1.85. The summed E-state index contributed by atoms with van der Waals surface area (Å²) in [5.74, 6) is 0. The van der Waals surface area contributed by atoms with Gasteiger partial charge in [-0.3, -0.25) is 0 Å². The number of rotatable bonds is 1. The van der Waals surface area contributed by atoms with Crippen molar-refractivity contribution >= 4 is 0 Å². The highest BCUT2D eigenvalue weighted by Crippen LogP contribution is 2.38. The molecule has 1 aromatic carbocycles. The first-order valence-electron chi connectivity index (χ1n) is 5.00. The summed E-state index contributed by atoms with van der Waals surface area (Å²) in [6.07, 6.45) is 0.366. The zero-order valence-corrected chi connectivity index (χ0v) is 8.60. The lowest BCUT2D eigenvalue weighted by Gasteiger charge is -2.22. The average molecular weight is 192 g/mol. The standard InChI is InChI=1S/C12H16O2/c1-12(2)11(13)8-10(14-12)9-6-4-3-5-7-9/h3-7,10-11,13H,8H2,1-2H3/t10-,11+/m1/s1. The minimum Gasteiger partial charge on any atom is -0.390 e. The first-order chi connectivity index (χ1) is 6.59. The molecule has 76 valence electrons. The monoisotopic (exact) mass is 192 g/mol. The Morgan fingerprint density at radius 1 is 1.29 bits per heavy atom. The lowest BCUT2D eigenvalue weighted by atomic mass is 9.99. The summed E-state index contributed by atoms with van der Waals surface area (Å²) in [4.78, 5) is 0. The molecule has 2 nitrogen and oxygen atoms in total. The van der Waals surface area contributed by atoms with Crippen LogP contribution >= 0.6 is 0 Å². The lowest BCUT2D eigenvalue weighted by Crippen LogP contribution is -2.31. The number of aliphatic hydroxyl groups excluding tert-OH is 1. The van der Waals surface area contributed by atoms with Gasteiger partial charge in [0.25, 0.3) is 0 Å². The highest BCUT2D eigenvalue weighted by Gasteiger charge is 2.40. The molecule has 0 spiro atoms. The Bertz CT molecular complexity index is 305. The van der Waals surface area contributed by atoms with E-state index in [4.69, 9.17) is 4.74 Å². The van der Waals surface area contributed by atoms with Gasteiger partial charge in [0.2, 0.25) is 0 Å². The quantitative estimate of drug-likeness (QED) is 0.739. The highest BCUT2D eigenvalue weighted by molar-refractivity contribution is 5.19. The highest BCUT2D eigenvalue weighted by atomic mass is 16.5. The number of ether oxygens (including phenoxy) is 1. The minimum atomic E-state index is -0.416. The topological polar surface area (TPSA) is 29.5 Å². The molecule has 1 fully saturated rings. The van der Waals surface area contributed by atoms with Gasteiger partial charge >= 0.3 is 0 Å². The second kappa shape index (κ2) is 3.37. The van der Waals surface area contributed by atoms with Crippen LogP contribution in [-0.2, 0) is 4.74 Å². The summed E-state index contributed by atoms with van der Waals surface area (Å²) in [5, 5.41) is 9.76. The van der Waals surface area contributed by atoms with E-state index in [1.54, 1.807) is 0 Å². The maximum Gasteiger partial charge on any atom is 0.0893 e. The summed E-state index contributed by atoms with van der Waals surface area (Å²) >= 11 is 0. The van der Waals surface area contributed by atoms with Gasteiger partial charge < -0.3 is 9.84 Å². The van der Waals surface area contributed by atoms with Gasteiger partial charge in [-0.05, 0) is 19.4 Å². The number of benzene rings is 1. The molecule has 0 radical (unpaired) electrons. The van der Waals surface area contributed by atoms with Crippen LogP contribution in [0.2, 0.25) is 0 Å². The third kappa shape index (κ3) is 1.68. The van der Waals surface area contributed by atoms with Gasteiger partial charge in [0, 0.05) is 6.42 Å². The van der Waals surface area contributed by atoms with Crippen LogP contribution in [0.4, 0.5) is 0 Å². The SMILES string of the molecule is CC1(C)O[C@@H](c2ccccc2)C[C@@H]1O. The Balaban J connectivity index is 2.17. The first kappa shape index (κ1) is 9.69. The Morgan fingerprint density at radius 2 is 1.93 bits per heavy atom. The van der Waals surface area contributed by atoms with Crippen LogP contribution in [0.15, 0.2) is 30.3 Å². The summed E-state index contributed by atoms with van der Waals surface area (Å²) in [6, 6.07) is 10.1. The van der Waals surface area contributed by atoms with Crippen LogP contribution in [-0.4, -0.2) is 16.8 Å². The van der Waals surface area contributed by atoms with Crippen molar-refractivity contribution in [1.82, 2.24) is 0 Å². The Morgan fingerprint density at radius 3 is 2.43 bits per heavy atom. The Hall–Kier alpha value is -0.860. The number of aliphatic hydroxyl groups is 1. The molecule has 0 amide bonds. The van der Waals surface area contributed by atoms with Crippen molar-refractivity contribution in [2.24, 2.45) is 0 Å². The van der Waals surface area contributed by atoms with E-state index in [0.29, 0.717) is 6.42 Å². The molecule has 0 aliphatic carbocycles. The molecule has 0 bridgehead atoms. The van der Waals surface area contributed by atoms with Gasteiger partial charge in [-0.25, -0.2) is 0 Å². The molecule has 1 heterocycles. The van der Waals surface area contributed by atoms with Gasteiger partial charge in [-0.2, -0.15) is 0 Å². The fraction of sp³-hybridized carbons (Fsp3) is 0.500. The van der Waals surface area contributed by atoms with Crippen molar-refractivity contribution in [2.45, 2.75) is 38.1 Å². The molecule has 0 unspecified atom stereocenters. The normalized spacial score (nSPS) is 30.5. The zero-order chi connectivity index (χ0) is 10.2. The average Bonchev–Trinajstić information content (AvgIpc) is 2.43. The largest absolute Gasteiger partial charge is 0.390 e. The molecular weight excluding hydrogens is 176 g/mol.